The fourth-order valence-electron chi connectivity index (χ4n) is 1.32. The summed E-state index contributed by atoms with van der Waals surface area (Å²) in [5.41, 5.74) is 1.81. The average Bonchev–Trinajstić information content (AvgIpc) is 2.28. The molecule has 0 saturated heterocycles. The Morgan fingerprint density at radius 1 is 1.50 bits per heavy atom. The molecule has 1 unspecified atom stereocenters. The first-order chi connectivity index (χ1) is 7.58. The Labute approximate surface area is 94.9 Å². The Hall–Kier alpha value is -1.49. The summed E-state index contributed by atoms with van der Waals surface area (Å²) in [6.07, 6.45) is 0.693. The zero-order chi connectivity index (χ0) is 12.1. The summed E-state index contributed by atoms with van der Waals surface area (Å²) in [5.74, 6) is -0.212. The van der Waals surface area contributed by atoms with Crippen LogP contribution in [0.3, 0.4) is 0 Å². The van der Waals surface area contributed by atoms with E-state index in [2.05, 4.69) is 15.5 Å². The first-order valence-corrected chi connectivity index (χ1v) is 5.31. The molecule has 0 bridgehead atoms. The van der Waals surface area contributed by atoms with Crippen molar-refractivity contribution in [2.45, 2.75) is 33.2 Å². The number of aryl methyl sites for hydroxylation is 2. The number of hydrogen-bond donors (Lipinski definition) is 2. The number of nitrogens with one attached hydrogen (secondary N) is 1. The lowest BCUT2D eigenvalue weighted by molar-refractivity contribution is 0.0913. The van der Waals surface area contributed by atoms with Crippen LogP contribution in [0.15, 0.2) is 6.07 Å². The van der Waals surface area contributed by atoms with Gasteiger partial charge in [-0.2, -0.15) is 10.2 Å². The van der Waals surface area contributed by atoms with Gasteiger partial charge >= 0.3 is 0 Å². The molecular formula is C11H17N3O2. The molecule has 0 fully saturated rings. The van der Waals surface area contributed by atoms with E-state index in [0.29, 0.717) is 23.4 Å². The van der Waals surface area contributed by atoms with Gasteiger partial charge in [-0.05, 0) is 26.3 Å². The summed E-state index contributed by atoms with van der Waals surface area (Å²) in [6.45, 7) is 5.37. The van der Waals surface area contributed by atoms with E-state index in [9.17, 15) is 4.79 Å². The maximum absolute atomic E-state index is 11.9. The molecule has 1 heterocycles. The molecule has 0 radical (unpaired) electrons. The van der Waals surface area contributed by atoms with Crippen molar-refractivity contribution in [2.75, 3.05) is 6.61 Å². The van der Waals surface area contributed by atoms with Crippen LogP contribution in [0.2, 0.25) is 0 Å². The van der Waals surface area contributed by atoms with Gasteiger partial charge in [-0.25, -0.2) is 0 Å². The highest BCUT2D eigenvalue weighted by molar-refractivity contribution is 5.95. The number of aromatic nitrogens is 2. The highest BCUT2D eigenvalue weighted by atomic mass is 16.3. The number of nitrogens with zero attached hydrogens (tertiary/aromatic N) is 2. The summed E-state index contributed by atoms with van der Waals surface area (Å²) >= 11 is 0. The second-order valence-electron chi connectivity index (χ2n) is 3.75. The van der Waals surface area contributed by atoms with Gasteiger partial charge in [0.25, 0.3) is 5.91 Å². The minimum Gasteiger partial charge on any atom is -0.394 e. The molecule has 16 heavy (non-hydrogen) atoms. The van der Waals surface area contributed by atoms with E-state index in [4.69, 9.17) is 5.11 Å². The minimum absolute atomic E-state index is 0.0568. The van der Waals surface area contributed by atoms with Crippen LogP contribution >= 0.6 is 0 Å². The standard InChI is InChI=1S/C11H17N3O2/c1-4-9(6-15)12-11(16)10-5-7(2)13-14-8(10)3/h5,9,15H,4,6H2,1-3H3,(H,12,16). The molecule has 0 saturated carbocycles. The van der Waals surface area contributed by atoms with Crippen LogP contribution in [0.25, 0.3) is 0 Å². The number of carbonyl (C=O) groups is 1. The fourth-order valence-corrected chi connectivity index (χ4v) is 1.32. The van der Waals surface area contributed by atoms with Crippen LogP contribution < -0.4 is 5.32 Å². The normalized spacial score (nSPS) is 12.2. The predicted octanol–water partition coefficient (Wildman–Crippen LogP) is 0.594. The van der Waals surface area contributed by atoms with E-state index in [0.717, 1.165) is 0 Å². The second-order valence-corrected chi connectivity index (χ2v) is 3.75. The van der Waals surface area contributed by atoms with Crippen molar-refractivity contribution in [1.29, 1.82) is 0 Å². The van der Waals surface area contributed by atoms with Crippen molar-refractivity contribution in [3.05, 3.63) is 23.0 Å². The molecule has 0 aliphatic rings. The fraction of sp³-hybridized carbons (Fsp3) is 0.545. The third-order valence-electron chi connectivity index (χ3n) is 2.39. The quantitative estimate of drug-likeness (QED) is 0.783. The predicted molar refractivity (Wildman–Crippen MR) is 60.1 cm³/mol. The van der Waals surface area contributed by atoms with Crippen LogP contribution in [-0.4, -0.2) is 33.9 Å². The zero-order valence-corrected chi connectivity index (χ0v) is 9.82. The van der Waals surface area contributed by atoms with Gasteiger partial charge in [0.15, 0.2) is 0 Å². The van der Waals surface area contributed by atoms with Gasteiger partial charge in [-0.1, -0.05) is 6.92 Å². The minimum atomic E-state index is -0.212. The summed E-state index contributed by atoms with van der Waals surface area (Å²) < 4.78 is 0. The van der Waals surface area contributed by atoms with E-state index in [-0.39, 0.29) is 18.6 Å². The lowest BCUT2D eigenvalue weighted by Crippen LogP contribution is -2.37. The maximum atomic E-state index is 11.9. The van der Waals surface area contributed by atoms with E-state index >= 15 is 0 Å². The number of aliphatic hydroxyl groups is 1. The van der Waals surface area contributed by atoms with E-state index in [1.807, 2.05) is 6.92 Å². The van der Waals surface area contributed by atoms with Gasteiger partial charge in [0, 0.05) is 0 Å². The van der Waals surface area contributed by atoms with Gasteiger partial charge in [0.05, 0.1) is 29.6 Å². The number of amides is 1. The van der Waals surface area contributed by atoms with E-state index in [1.54, 1.807) is 19.9 Å². The molecule has 0 aliphatic carbocycles. The summed E-state index contributed by atoms with van der Waals surface area (Å²) in [6, 6.07) is 1.49. The first-order valence-electron chi connectivity index (χ1n) is 5.31. The molecular weight excluding hydrogens is 206 g/mol. The molecule has 1 aromatic rings. The Kier molecular flexibility index (Phi) is 4.37. The van der Waals surface area contributed by atoms with Crippen LogP contribution in [0.1, 0.15) is 35.1 Å². The van der Waals surface area contributed by atoms with Crippen molar-refractivity contribution in [3.8, 4) is 0 Å². The maximum Gasteiger partial charge on any atom is 0.253 e. The molecule has 2 N–H and O–H groups in total. The third-order valence-corrected chi connectivity index (χ3v) is 2.39. The monoisotopic (exact) mass is 223 g/mol. The lowest BCUT2D eigenvalue weighted by atomic mass is 10.1. The molecule has 1 rings (SSSR count). The molecule has 5 heteroatoms. The van der Waals surface area contributed by atoms with Gasteiger partial charge < -0.3 is 10.4 Å². The summed E-state index contributed by atoms with van der Waals surface area (Å²) in [4.78, 5) is 11.9. The Balaban J connectivity index is 2.83. The van der Waals surface area contributed by atoms with Crippen LogP contribution in [0.4, 0.5) is 0 Å². The van der Waals surface area contributed by atoms with Crippen molar-refractivity contribution in [3.63, 3.8) is 0 Å². The van der Waals surface area contributed by atoms with Crippen molar-refractivity contribution >= 4 is 5.91 Å². The van der Waals surface area contributed by atoms with Gasteiger partial charge in [-0.15, -0.1) is 0 Å². The van der Waals surface area contributed by atoms with E-state index < -0.39 is 0 Å². The molecule has 5 nitrogen and oxygen atoms in total. The molecule has 88 valence electrons. The molecule has 1 atom stereocenters. The first kappa shape index (κ1) is 12.6. The molecule has 1 amide bonds. The topological polar surface area (TPSA) is 75.1 Å². The van der Waals surface area contributed by atoms with Crippen LogP contribution in [0, 0.1) is 13.8 Å². The van der Waals surface area contributed by atoms with Gasteiger partial charge in [0.1, 0.15) is 0 Å². The third kappa shape index (κ3) is 3.00. The van der Waals surface area contributed by atoms with Crippen LogP contribution in [0.5, 0.6) is 0 Å². The van der Waals surface area contributed by atoms with Gasteiger partial charge in [0.2, 0.25) is 0 Å². The number of hydrogen-bond acceptors (Lipinski definition) is 4. The van der Waals surface area contributed by atoms with Gasteiger partial charge in [-0.3, -0.25) is 4.79 Å². The summed E-state index contributed by atoms with van der Waals surface area (Å²) in [7, 11) is 0. The second kappa shape index (κ2) is 5.55. The number of rotatable bonds is 4. The highest BCUT2D eigenvalue weighted by Gasteiger charge is 2.14. The Morgan fingerprint density at radius 3 is 2.75 bits per heavy atom. The van der Waals surface area contributed by atoms with Crippen molar-refractivity contribution in [1.82, 2.24) is 15.5 Å². The van der Waals surface area contributed by atoms with E-state index in [1.165, 1.54) is 0 Å². The highest BCUT2D eigenvalue weighted by Crippen LogP contribution is 2.05. The van der Waals surface area contributed by atoms with Crippen LogP contribution in [-0.2, 0) is 0 Å². The Bertz CT molecular complexity index is 375. The number of carbonyl (C=O) groups excluding carboxylic acids is 1. The molecule has 0 aliphatic heterocycles. The largest absolute Gasteiger partial charge is 0.394 e. The van der Waals surface area contributed by atoms with Crippen molar-refractivity contribution < 1.29 is 9.90 Å². The smallest absolute Gasteiger partial charge is 0.253 e. The molecule has 0 aromatic carbocycles. The van der Waals surface area contributed by atoms with Crippen molar-refractivity contribution in [2.24, 2.45) is 0 Å². The Morgan fingerprint density at radius 2 is 2.19 bits per heavy atom. The lowest BCUT2D eigenvalue weighted by Gasteiger charge is -2.14. The SMILES string of the molecule is CCC(CO)NC(=O)c1cc(C)nnc1C. The zero-order valence-electron chi connectivity index (χ0n) is 9.82. The average molecular weight is 223 g/mol. The number of aliphatic hydroxyl groups excluding tert-OH is 1. The molecule has 0 spiro atoms. The molecule has 1 aromatic heterocycles. The summed E-state index contributed by atoms with van der Waals surface area (Å²) in [5, 5.41) is 19.5.